The van der Waals surface area contributed by atoms with E-state index in [2.05, 4.69) is 11.1 Å². The minimum Gasteiger partial charge on any atom is -0.504 e. The second kappa shape index (κ2) is 6.29. The maximum absolute atomic E-state index is 11.0. The monoisotopic (exact) mass is 343 g/mol. The second-order valence-corrected chi connectivity index (χ2v) is 6.33. The third-order valence-corrected chi connectivity index (χ3v) is 5.06. The van der Waals surface area contributed by atoms with Gasteiger partial charge in [0.2, 0.25) is 0 Å². The van der Waals surface area contributed by atoms with Crippen molar-refractivity contribution in [3.8, 4) is 17.6 Å². The van der Waals surface area contributed by atoms with E-state index >= 15 is 0 Å². The number of fused-ring (bicyclic) bond motifs is 1. The highest BCUT2D eigenvalue weighted by molar-refractivity contribution is 7.16. The number of nitrogens with zero attached hydrogens (tertiary/aromatic N) is 3. The summed E-state index contributed by atoms with van der Waals surface area (Å²) < 4.78 is 4.96. The molecule has 1 aliphatic rings. The zero-order valence-corrected chi connectivity index (χ0v) is 13.6. The van der Waals surface area contributed by atoms with Crippen LogP contribution in [0.3, 0.4) is 0 Å². The first-order valence-electron chi connectivity index (χ1n) is 7.19. The predicted molar refractivity (Wildman–Crippen MR) is 89.6 cm³/mol. The Morgan fingerprint density at radius 2 is 2.29 bits per heavy atom. The van der Waals surface area contributed by atoms with E-state index in [0.717, 1.165) is 30.9 Å². The number of non-ortho nitro benzene ring substituents is 1. The highest BCUT2D eigenvalue weighted by atomic mass is 32.1. The number of aryl methyl sites for hydroxylation is 1. The van der Waals surface area contributed by atoms with Crippen molar-refractivity contribution in [1.82, 2.24) is 0 Å². The smallest absolute Gasteiger partial charge is 0.274 e. The van der Waals surface area contributed by atoms with Crippen LogP contribution in [0.2, 0.25) is 0 Å². The molecule has 0 spiro atoms. The normalized spacial score (nSPS) is 13.0. The number of phenols is 1. The molecule has 1 aromatic carbocycles. The summed E-state index contributed by atoms with van der Waals surface area (Å²) in [6.07, 6.45) is 4.19. The molecule has 0 atom stereocenters. The molecule has 0 amide bonds. The Kier molecular flexibility index (Phi) is 4.18. The van der Waals surface area contributed by atoms with Gasteiger partial charge in [0.1, 0.15) is 11.1 Å². The van der Waals surface area contributed by atoms with Crippen molar-refractivity contribution in [2.75, 3.05) is 7.11 Å². The standard InChI is InChI=1S/C16H13N3O4S/c1-23-13-6-10(19(21)22)5-9(15(13)20)8-18-16-12(7-17)11-3-2-4-14(11)24-16/h5-6,8,20H,2-4H2,1H3/b18-8+. The number of nitro groups is 1. The van der Waals surface area contributed by atoms with Gasteiger partial charge < -0.3 is 9.84 Å². The van der Waals surface area contributed by atoms with Crippen LogP contribution in [0, 0.1) is 21.4 Å². The molecule has 0 radical (unpaired) electrons. The molecule has 0 unspecified atom stereocenters. The van der Waals surface area contributed by atoms with Gasteiger partial charge in [-0.25, -0.2) is 4.99 Å². The largest absolute Gasteiger partial charge is 0.504 e. The van der Waals surface area contributed by atoms with Crippen molar-refractivity contribution in [3.63, 3.8) is 0 Å². The summed E-state index contributed by atoms with van der Waals surface area (Å²) in [5.74, 6) is -0.228. The average molecular weight is 343 g/mol. The molecule has 1 N–H and O–H groups in total. The van der Waals surface area contributed by atoms with Gasteiger partial charge in [-0.2, -0.15) is 5.26 Å². The molecule has 24 heavy (non-hydrogen) atoms. The van der Waals surface area contributed by atoms with E-state index in [1.807, 2.05) is 0 Å². The molecule has 0 aliphatic heterocycles. The number of nitriles is 1. The van der Waals surface area contributed by atoms with Crippen LogP contribution in [0.5, 0.6) is 11.5 Å². The number of aromatic hydroxyl groups is 1. The van der Waals surface area contributed by atoms with Crippen LogP contribution in [-0.2, 0) is 12.8 Å². The Hall–Kier alpha value is -2.92. The fourth-order valence-electron chi connectivity index (χ4n) is 2.70. The molecule has 0 saturated carbocycles. The van der Waals surface area contributed by atoms with Gasteiger partial charge in [-0.3, -0.25) is 10.1 Å². The molecule has 7 nitrogen and oxygen atoms in total. The molecular formula is C16H13N3O4S. The van der Waals surface area contributed by atoms with Crippen molar-refractivity contribution >= 4 is 28.2 Å². The quantitative estimate of drug-likeness (QED) is 0.519. The fourth-order valence-corrected chi connectivity index (χ4v) is 3.88. The second-order valence-electron chi connectivity index (χ2n) is 5.25. The Bertz CT molecular complexity index is 896. The van der Waals surface area contributed by atoms with Crippen LogP contribution in [0.1, 0.15) is 28.0 Å². The van der Waals surface area contributed by atoms with Gasteiger partial charge in [0.05, 0.1) is 23.7 Å². The van der Waals surface area contributed by atoms with Crippen molar-refractivity contribution in [3.05, 3.63) is 43.8 Å². The first kappa shape index (κ1) is 16.0. The minimum absolute atomic E-state index is 0.000157. The number of ether oxygens (including phenoxy) is 1. The number of hydrogen-bond acceptors (Lipinski definition) is 7. The van der Waals surface area contributed by atoms with Crippen molar-refractivity contribution in [2.24, 2.45) is 4.99 Å². The van der Waals surface area contributed by atoms with Gasteiger partial charge in [-0.1, -0.05) is 0 Å². The number of rotatable bonds is 4. The van der Waals surface area contributed by atoms with E-state index in [1.54, 1.807) is 0 Å². The van der Waals surface area contributed by atoms with Crippen LogP contribution >= 0.6 is 11.3 Å². The van der Waals surface area contributed by atoms with E-state index in [1.165, 1.54) is 35.6 Å². The van der Waals surface area contributed by atoms with Crippen LogP contribution < -0.4 is 4.74 Å². The van der Waals surface area contributed by atoms with E-state index in [-0.39, 0.29) is 22.7 Å². The van der Waals surface area contributed by atoms with E-state index < -0.39 is 4.92 Å². The molecular weight excluding hydrogens is 330 g/mol. The van der Waals surface area contributed by atoms with Gasteiger partial charge in [-0.15, -0.1) is 11.3 Å². The molecule has 1 aliphatic carbocycles. The van der Waals surface area contributed by atoms with Gasteiger partial charge in [0.25, 0.3) is 5.69 Å². The summed E-state index contributed by atoms with van der Waals surface area (Å²) in [5, 5.41) is 31.0. The van der Waals surface area contributed by atoms with Gasteiger partial charge in [0.15, 0.2) is 11.5 Å². The lowest BCUT2D eigenvalue weighted by atomic mass is 10.1. The van der Waals surface area contributed by atoms with E-state index in [9.17, 15) is 20.5 Å². The molecule has 0 saturated heterocycles. The van der Waals surface area contributed by atoms with Crippen molar-refractivity contribution in [1.29, 1.82) is 5.26 Å². The van der Waals surface area contributed by atoms with Gasteiger partial charge in [0, 0.05) is 22.7 Å². The summed E-state index contributed by atoms with van der Waals surface area (Å²) in [6.45, 7) is 0. The number of thiophene rings is 1. The summed E-state index contributed by atoms with van der Waals surface area (Å²) in [5.41, 5.74) is 1.56. The number of phenolic OH excluding ortho intramolecular Hbond substituents is 1. The molecule has 1 aromatic heterocycles. The molecule has 0 fully saturated rings. The highest BCUT2D eigenvalue weighted by Crippen LogP contribution is 2.40. The third-order valence-electron chi connectivity index (χ3n) is 3.86. The van der Waals surface area contributed by atoms with Crippen molar-refractivity contribution < 1.29 is 14.8 Å². The summed E-state index contributed by atoms with van der Waals surface area (Å²) in [7, 11) is 1.32. The number of benzene rings is 1. The Labute approximate surface area is 141 Å². The molecule has 2 aromatic rings. The zero-order chi connectivity index (χ0) is 17.3. The Morgan fingerprint density at radius 1 is 1.50 bits per heavy atom. The number of methoxy groups -OCH3 is 1. The van der Waals surface area contributed by atoms with Crippen molar-refractivity contribution in [2.45, 2.75) is 19.3 Å². The predicted octanol–water partition coefficient (Wildman–Crippen LogP) is 3.48. The SMILES string of the molecule is COc1cc([N+](=O)[O-])cc(/C=N/c2sc3c(c2C#N)CCC3)c1O. The Balaban J connectivity index is 2.03. The summed E-state index contributed by atoms with van der Waals surface area (Å²) >= 11 is 1.45. The molecule has 0 bridgehead atoms. The highest BCUT2D eigenvalue weighted by Gasteiger charge is 2.22. The minimum atomic E-state index is -0.570. The molecule has 3 rings (SSSR count). The Morgan fingerprint density at radius 3 is 2.96 bits per heavy atom. The van der Waals surface area contributed by atoms with Gasteiger partial charge in [-0.05, 0) is 24.8 Å². The van der Waals surface area contributed by atoms with Gasteiger partial charge >= 0.3 is 0 Å². The molecule has 8 heteroatoms. The number of hydrogen-bond donors (Lipinski definition) is 1. The van der Waals surface area contributed by atoms with E-state index in [4.69, 9.17) is 4.74 Å². The lowest BCUT2D eigenvalue weighted by Gasteiger charge is -2.05. The number of aliphatic imine (C=N–C) groups is 1. The molecule has 1 heterocycles. The fraction of sp³-hybridized carbons (Fsp3) is 0.250. The van der Waals surface area contributed by atoms with E-state index in [0.29, 0.717) is 10.6 Å². The maximum Gasteiger partial charge on any atom is 0.274 e. The summed E-state index contributed by atoms with van der Waals surface area (Å²) in [4.78, 5) is 15.9. The average Bonchev–Trinajstić information content (AvgIpc) is 3.13. The number of nitro benzene ring substituents is 1. The lowest BCUT2D eigenvalue weighted by molar-refractivity contribution is -0.385. The van der Waals surface area contributed by atoms with Crippen LogP contribution in [0.25, 0.3) is 0 Å². The van der Waals surface area contributed by atoms with Crippen LogP contribution in [0.4, 0.5) is 10.7 Å². The lowest BCUT2D eigenvalue weighted by Crippen LogP contribution is -1.94. The topological polar surface area (TPSA) is 109 Å². The first-order valence-corrected chi connectivity index (χ1v) is 8.01. The maximum atomic E-state index is 11.0. The third kappa shape index (κ3) is 2.70. The van der Waals surface area contributed by atoms with Crippen LogP contribution in [0.15, 0.2) is 17.1 Å². The van der Waals surface area contributed by atoms with Crippen LogP contribution in [-0.4, -0.2) is 23.4 Å². The zero-order valence-electron chi connectivity index (χ0n) is 12.8. The molecule has 122 valence electrons. The first-order chi connectivity index (χ1) is 11.5. The summed E-state index contributed by atoms with van der Waals surface area (Å²) in [6, 6.07) is 4.54.